The number of carbonyl (C=O) groups excluding carboxylic acids is 2. The van der Waals surface area contributed by atoms with E-state index in [1.165, 1.54) is 36.8 Å². The number of nitrogens with zero attached hydrogens (tertiary/aromatic N) is 9. The minimum absolute atomic E-state index is 0. The van der Waals surface area contributed by atoms with E-state index in [-0.39, 0.29) is 59.3 Å². The number of carbonyl (C=O) groups is 4. The fourth-order valence-electron chi connectivity index (χ4n) is 4.43. The van der Waals surface area contributed by atoms with Gasteiger partial charge >= 0.3 is 30.8 Å². The van der Waals surface area contributed by atoms with E-state index in [1.54, 1.807) is 10.8 Å². The van der Waals surface area contributed by atoms with Gasteiger partial charge in [-0.15, -0.1) is 25.0 Å². The number of carboxylic acids is 2. The van der Waals surface area contributed by atoms with Gasteiger partial charge in [0.2, 0.25) is 0 Å². The van der Waals surface area contributed by atoms with Crippen LogP contribution in [0.25, 0.3) is 11.5 Å². The number of rotatable bonds is 11. The maximum absolute atomic E-state index is 15.0. The zero-order valence-electron chi connectivity index (χ0n) is 24.5. The van der Waals surface area contributed by atoms with Gasteiger partial charge in [-0.3, -0.25) is 14.2 Å². The molecule has 248 valence electrons. The number of tetrazole rings is 1. The average Bonchev–Trinajstić information content (AvgIpc) is 3.79. The molecule has 4 heterocycles. The van der Waals surface area contributed by atoms with E-state index in [0.717, 1.165) is 16.8 Å². The van der Waals surface area contributed by atoms with Crippen molar-refractivity contribution < 1.29 is 42.9 Å². The van der Waals surface area contributed by atoms with Crippen molar-refractivity contribution >= 4 is 59.6 Å². The number of hydrogen-bond acceptors (Lipinski definition) is 12. The molecule has 0 fully saturated rings. The van der Waals surface area contributed by atoms with Crippen molar-refractivity contribution in [3.63, 3.8) is 0 Å². The van der Waals surface area contributed by atoms with Crippen molar-refractivity contribution in [2.24, 2.45) is 0 Å². The van der Waals surface area contributed by atoms with Gasteiger partial charge in [0.05, 0.1) is 29.1 Å². The number of carboxylic acid groups (broad SMARTS) is 2. The number of aromatic carboxylic acids is 2. The summed E-state index contributed by atoms with van der Waals surface area (Å²) in [6, 6.07) is 8.87. The molecule has 0 aliphatic heterocycles. The Bertz CT molecular complexity index is 2250. The second-order valence-corrected chi connectivity index (χ2v) is 9.93. The van der Waals surface area contributed by atoms with Crippen LogP contribution in [-0.2, 0) is 6.42 Å². The normalized spacial score (nSPS) is 10.7. The molecule has 0 bridgehead atoms. The van der Waals surface area contributed by atoms with Crippen molar-refractivity contribution in [2.75, 3.05) is 17.2 Å². The number of ether oxygens (including phenoxy) is 1. The Morgan fingerprint density at radius 3 is 2.16 bits per heavy atom. The topological polar surface area (TPSA) is 242 Å². The number of amides is 2. The molecule has 0 saturated carbocycles. The Morgan fingerprint density at radius 2 is 1.50 bits per heavy atom. The number of anilines is 2. The van der Waals surface area contributed by atoms with Crippen molar-refractivity contribution in [3.05, 3.63) is 107 Å². The van der Waals surface area contributed by atoms with E-state index >= 15 is 0 Å². The van der Waals surface area contributed by atoms with Crippen LogP contribution >= 0.6 is 0 Å². The van der Waals surface area contributed by atoms with Gasteiger partial charge in [-0.25, -0.2) is 23.4 Å². The van der Waals surface area contributed by atoms with Crippen LogP contribution in [0.4, 0.5) is 20.2 Å². The van der Waals surface area contributed by atoms with Crippen LogP contribution in [0.1, 0.15) is 47.3 Å². The first-order valence-electron chi connectivity index (χ1n) is 13.8. The molecule has 2 amide bonds. The van der Waals surface area contributed by atoms with E-state index in [0.29, 0.717) is 18.0 Å². The summed E-state index contributed by atoms with van der Waals surface area (Å²) in [6.45, 7) is -0.397. The number of aromatic nitrogens is 9. The summed E-state index contributed by atoms with van der Waals surface area (Å²) in [5.74, 6) is -6.95. The molecule has 4 N–H and O–H groups in total. The van der Waals surface area contributed by atoms with Crippen LogP contribution in [0.2, 0.25) is 0 Å². The van der Waals surface area contributed by atoms with Crippen molar-refractivity contribution in [3.8, 4) is 11.6 Å². The van der Waals surface area contributed by atoms with Gasteiger partial charge in [0.15, 0.2) is 34.4 Å². The van der Waals surface area contributed by atoms with E-state index in [4.69, 9.17) is 4.74 Å². The maximum atomic E-state index is 15.0. The van der Waals surface area contributed by atoms with Gasteiger partial charge in [-0.05, 0) is 58.5 Å². The van der Waals surface area contributed by atoms with Gasteiger partial charge in [0.25, 0.3) is 11.8 Å². The summed E-state index contributed by atoms with van der Waals surface area (Å²) < 4.78 is 37.8. The third kappa shape index (κ3) is 7.40. The SMILES string of the molecule is O=C(Nc1cc(CCOc2cc(NC(=O)c3ccc4nnnn4n3)c(C(=O)O)cc2F)c(F)cc1C(=O)O)c1ccc(-n2ccnc2)nn1.[LiH]. The van der Waals surface area contributed by atoms with E-state index in [9.17, 15) is 38.2 Å². The first-order chi connectivity index (χ1) is 23.6. The van der Waals surface area contributed by atoms with Gasteiger partial charge < -0.3 is 25.6 Å². The summed E-state index contributed by atoms with van der Waals surface area (Å²) in [6.07, 6.45) is 4.35. The van der Waals surface area contributed by atoms with Gasteiger partial charge in [0.1, 0.15) is 12.1 Å². The Morgan fingerprint density at radius 1 is 0.820 bits per heavy atom. The fourth-order valence-corrected chi connectivity index (χ4v) is 4.43. The number of imidazole rings is 1. The van der Waals surface area contributed by atoms with E-state index in [1.807, 2.05) is 0 Å². The van der Waals surface area contributed by atoms with Crippen LogP contribution in [0.5, 0.6) is 5.75 Å². The molecule has 6 rings (SSSR count). The Kier molecular flexibility index (Phi) is 10.1. The number of benzene rings is 2. The number of nitrogens with one attached hydrogen (secondary N) is 2. The molecule has 0 spiro atoms. The molecule has 4 aromatic heterocycles. The Balaban J connectivity index is 0.00000486. The van der Waals surface area contributed by atoms with E-state index in [2.05, 4.69) is 46.4 Å². The predicted molar refractivity (Wildman–Crippen MR) is 167 cm³/mol. The molecule has 0 radical (unpaired) electrons. The molecule has 0 aliphatic rings. The summed E-state index contributed by atoms with van der Waals surface area (Å²) in [4.78, 5) is 53.2. The molecule has 2 aromatic carbocycles. The molecule has 21 heteroatoms. The number of hydrogen-bond donors (Lipinski definition) is 4. The first kappa shape index (κ1) is 34.7. The molecule has 18 nitrogen and oxygen atoms in total. The van der Waals surface area contributed by atoms with Gasteiger partial charge in [0, 0.05) is 24.9 Å². The first-order valence-corrected chi connectivity index (χ1v) is 13.8. The molecule has 0 aliphatic carbocycles. The van der Waals surface area contributed by atoms with Crippen molar-refractivity contribution in [1.29, 1.82) is 0 Å². The molecule has 50 heavy (non-hydrogen) atoms. The van der Waals surface area contributed by atoms with Crippen LogP contribution in [0.3, 0.4) is 0 Å². The van der Waals surface area contributed by atoms with Gasteiger partial charge in [-0.1, -0.05) is 0 Å². The van der Waals surface area contributed by atoms with Gasteiger partial charge in [-0.2, -0.15) is 0 Å². The monoisotopic (exact) mass is 679 g/mol. The average molecular weight is 679 g/mol. The fraction of sp³-hybridized carbons (Fsp3) is 0.0690. The van der Waals surface area contributed by atoms with Crippen LogP contribution in [0, 0.1) is 11.6 Å². The van der Waals surface area contributed by atoms with Crippen molar-refractivity contribution in [1.82, 2.24) is 45.0 Å². The Hall–Kier alpha value is -6.65. The standard InChI is InChI=1S/C29H19F2N11O7.Li.H/c30-17-10-15(28(45)46)21(33-26(43)19-1-3-24(36-35-19)41-7-6-32-13-41)9-14(17)5-8-49-23-12-22(16(29(47)48)11-18(23)31)34-27(44)20-2-4-25-37-39-40-42(25)38-20;;/h1-4,6-7,9-13H,5,8H2,(H,33,43)(H,34,44)(H,45,46)(H,47,48);;. The minimum atomic E-state index is -1.56. The van der Waals surface area contributed by atoms with Crippen LogP contribution in [0.15, 0.2) is 67.3 Å². The summed E-state index contributed by atoms with van der Waals surface area (Å²) in [7, 11) is 0. The summed E-state index contributed by atoms with van der Waals surface area (Å²) in [5.41, 5.74) is -1.97. The number of fused-ring (bicyclic) bond motifs is 1. The number of halogens is 2. The summed E-state index contributed by atoms with van der Waals surface area (Å²) >= 11 is 0. The molecule has 0 unspecified atom stereocenters. The van der Waals surface area contributed by atoms with Crippen LogP contribution < -0.4 is 15.4 Å². The van der Waals surface area contributed by atoms with Crippen molar-refractivity contribution in [2.45, 2.75) is 6.42 Å². The zero-order valence-corrected chi connectivity index (χ0v) is 24.5. The second kappa shape index (κ2) is 14.6. The molecular formula is C29H20F2LiN11O7. The molecule has 0 atom stereocenters. The quantitative estimate of drug-likeness (QED) is 0.142. The zero-order chi connectivity index (χ0) is 34.7. The third-order valence-electron chi connectivity index (χ3n) is 6.80. The van der Waals surface area contributed by atoms with E-state index < -0.39 is 58.9 Å². The summed E-state index contributed by atoms with van der Waals surface area (Å²) in [5, 5.41) is 46.3. The Labute approximate surface area is 289 Å². The van der Waals surface area contributed by atoms with Crippen LogP contribution in [-0.4, -0.2) is 104 Å². The molecular weight excluding hydrogens is 659 g/mol. The molecule has 0 saturated heterocycles. The molecule has 6 aromatic rings. The third-order valence-corrected chi connectivity index (χ3v) is 6.80. The second-order valence-electron chi connectivity index (χ2n) is 9.93. The predicted octanol–water partition coefficient (Wildman–Crippen LogP) is 1.65.